The molecule has 3 rings (SSSR count). The second-order valence-corrected chi connectivity index (χ2v) is 8.62. The minimum absolute atomic E-state index is 0.885. The zero-order chi connectivity index (χ0) is 21.0. The van der Waals surface area contributed by atoms with Crippen LogP contribution in [0.4, 0.5) is 0 Å². The maximum Gasteiger partial charge on any atom is 0.0175 e. The highest BCUT2D eigenvalue weighted by molar-refractivity contribution is 9.10. The molecule has 0 unspecified atom stereocenters. The van der Waals surface area contributed by atoms with E-state index in [0.717, 1.165) is 22.9 Å². The van der Waals surface area contributed by atoms with Crippen molar-refractivity contribution in [2.75, 3.05) is 0 Å². The predicted octanol–water partition coefficient (Wildman–Crippen LogP) is 8.36. The van der Waals surface area contributed by atoms with Crippen LogP contribution in [0.2, 0.25) is 0 Å². The first-order valence-corrected chi connectivity index (χ1v) is 11.0. The zero-order valence-corrected chi connectivity index (χ0v) is 19.4. The number of halogens is 1. The Morgan fingerprint density at radius 2 is 1.48 bits per heavy atom. The molecular weight excluding hydrogens is 416 g/mol. The van der Waals surface area contributed by atoms with Gasteiger partial charge in [-0.1, -0.05) is 84.0 Å². The Bertz CT molecular complexity index is 1050. The summed E-state index contributed by atoms with van der Waals surface area (Å²) in [6.07, 6.45) is 1.94. The summed E-state index contributed by atoms with van der Waals surface area (Å²) in [4.78, 5) is 0. The zero-order valence-electron chi connectivity index (χ0n) is 17.9. The van der Waals surface area contributed by atoms with Crippen molar-refractivity contribution in [1.82, 2.24) is 0 Å². The van der Waals surface area contributed by atoms with Crippen molar-refractivity contribution in [1.29, 1.82) is 0 Å². The molecule has 0 nitrogen and oxygen atoms in total. The molecule has 0 amide bonds. The van der Waals surface area contributed by atoms with Gasteiger partial charge in [0.25, 0.3) is 0 Å². The van der Waals surface area contributed by atoms with Crippen molar-refractivity contribution in [3.05, 3.63) is 117 Å². The molecule has 0 aromatic heterocycles. The van der Waals surface area contributed by atoms with Gasteiger partial charge in [-0.15, -0.1) is 0 Å². The lowest BCUT2D eigenvalue weighted by molar-refractivity contribution is 1.12. The summed E-state index contributed by atoms with van der Waals surface area (Å²) in [5.74, 6) is 0. The number of allylic oxidation sites excluding steroid dienone is 3. The number of hydrogen-bond acceptors (Lipinski definition) is 0. The molecule has 0 N–H and O–H groups in total. The first kappa shape index (κ1) is 21.3. The lowest BCUT2D eigenvalue weighted by atomic mass is 9.85. The number of aryl methyl sites for hydroxylation is 3. The minimum atomic E-state index is 0.885. The van der Waals surface area contributed by atoms with E-state index in [1.54, 1.807) is 0 Å². The molecule has 0 heterocycles. The van der Waals surface area contributed by atoms with Crippen LogP contribution in [0.1, 0.15) is 47.2 Å². The molecule has 0 aliphatic carbocycles. The Kier molecular flexibility index (Phi) is 6.92. The predicted molar refractivity (Wildman–Crippen MR) is 131 cm³/mol. The molecule has 29 heavy (non-hydrogen) atoms. The standard InChI is InChI=1S/C28H29Br/c1-6-23-13-16-27(20(3)17-23)28(18-24-11-14-25(29)15-12-24)22(5)21(4)26-10-8-7-9-19(26)2/h7-17H,4,6,18H2,1-3,5H3/b28-22+. The Morgan fingerprint density at radius 1 is 0.828 bits per heavy atom. The van der Waals surface area contributed by atoms with Crippen molar-refractivity contribution in [3.8, 4) is 0 Å². The molecule has 148 valence electrons. The Labute approximate surface area is 184 Å². The van der Waals surface area contributed by atoms with Gasteiger partial charge in [0.15, 0.2) is 0 Å². The van der Waals surface area contributed by atoms with Gasteiger partial charge in [0.2, 0.25) is 0 Å². The lowest BCUT2D eigenvalue weighted by Crippen LogP contribution is -2.00. The van der Waals surface area contributed by atoms with Crippen molar-refractivity contribution < 1.29 is 0 Å². The summed E-state index contributed by atoms with van der Waals surface area (Å²) >= 11 is 3.55. The van der Waals surface area contributed by atoms with E-state index >= 15 is 0 Å². The third-order valence-corrected chi connectivity index (χ3v) is 6.22. The molecule has 3 aromatic carbocycles. The maximum absolute atomic E-state index is 4.49. The van der Waals surface area contributed by atoms with Crippen LogP contribution >= 0.6 is 15.9 Å². The quantitative estimate of drug-likeness (QED) is 0.335. The van der Waals surface area contributed by atoms with Crippen molar-refractivity contribution in [3.63, 3.8) is 0 Å². The average molecular weight is 445 g/mol. The minimum Gasteiger partial charge on any atom is -0.0909 e. The van der Waals surface area contributed by atoms with E-state index in [9.17, 15) is 0 Å². The molecule has 0 fully saturated rings. The van der Waals surface area contributed by atoms with Gasteiger partial charge in [0.1, 0.15) is 0 Å². The molecule has 3 aromatic rings. The van der Waals surface area contributed by atoms with Gasteiger partial charge in [-0.3, -0.25) is 0 Å². The lowest BCUT2D eigenvalue weighted by Gasteiger charge is -2.19. The van der Waals surface area contributed by atoms with Crippen LogP contribution in [0, 0.1) is 13.8 Å². The summed E-state index contributed by atoms with van der Waals surface area (Å²) in [7, 11) is 0. The summed E-state index contributed by atoms with van der Waals surface area (Å²) in [6, 6.07) is 24.0. The van der Waals surface area contributed by atoms with Gasteiger partial charge >= 0.3 is 0 Å². The highest BCUT2D eigenvalue weighted by Gasteiger charge is 2.14. The molecular formula is C28H29Br. The molecule has 0 aliphatic heterocycles. The molecule has 0 spiro atoms. The van der Waals surface area contributed by atoms with Gasteiger partial charge in [-0.25, -0.2) is 0 Å². The van der Waals surface area contributed by atoms with Crippen LogP contribution in [0.25, 0.3) is 11.1 Å². The normalized spacial score (nSPS) is 11.9. The van der Waals surface area contributed by atoms with E-state index in [0.29, 0.717) is 0 Å². The molecule has 0 bridgehead atoms. The molecule has 1 heteroatoms. The van der Waals surface area contributed by atoms with Gasteiger partial charge in [0.05, 0.1) is 0 Å². The Morgan fingerprint density at radius 3 is 2.10 bits per heavy atom. The summed E-state index contributed by atoms with van der Waals surface area (Å²) in [5.41, 5.74) is 11.5. The van der Waals surface area contributed by atoms with Crippen LogP contribution in [-0.4, -0.2) is 0 Å². The van der Waals surface area contributed by atoms with E-state index in [1.165, 1.54) is 44.5 Å². The monoisotopic (exact) mass is 444 g/mol. The summed E-state index contributed by atoms with van der Waals surface area (Å²) < 4.78 is 1.11. The SMILES string of the molecule is C=C(/C(C)=C(\Cc1ccc(Br)cc1)c1ccc(CC)cc1C)c1ccccc1C. The molecule has 0 saturated heterocycles. The first-order valence-electron chi connectivity index (χ1n) is 10.2. The molecule has 0 aliphatic rings. The maximum atomic E-state index is 4.49. The average Bonchev–Trinajstić information content (AvgIpc) is 2.73. The van der Waals surface area contributed by atoms with Crippen LogP contribution in [0.3, 0.4) is 0 Å². The van der Waals surface area contributed by atoms with E-state index in [2.05, 4.69) is 117 Å². The van der Waals surface area contributed by atoms with Crippen LogP contribution < -0.4 is 0 Å². The smallest absolute Gasteiger partial charge is 0.0175 e. The largest absolute Gasteiger partial charge is 0.0909 e. The van der Waals surface area contributed by atoms with Crippen molar-refractivity contribution in [2.45, 2.75) is 40.5 Å². The molecule has 0 saturated carbocycles. The summed E-state index contributed by atoms with van der Waals surface area (Å²) in [6.45, 7) is 13.3. The molecule has 0 radical (unpaired) electrons. The number of hydrogen-bond donors (Lipinski definition) is 0. The third kappa shape index (κ3) is 4.97. The van der Waals surface area contributed by atoms with Crippen LogP contribution in [0.15, 0.2) is 83.4 Å². The summed E-state index contributed by atoms with van der Waals surface area (Å²) in [5, 5.41) is 0. The van der Waals surface area contributed by atoms with E-state index in [-0.39, 0.29) is 0 Å². The molecule has 0 atom stereocenters. The fourth-order valence-electron chi connectivity index (χ4n) is 3.82. The highest BCUT2D eigenvalue weighted by Crippen LogP contribution is 2.34. The van der Waals surface area contributed by atoms with E-state index < -0.39 is 0 Å². The van der Waals surface area contributed by atoms with Gasteiger partial charge in [0, 0.05) is 4.47 Å². The topological polar surface area (TPSA) is 0 Å². The van der Waals surface area contributed by atoms with Gasteiger partial charge in [-0.2, -0.15) is 0 Å². The van der Waals surface area contributed by atoms with E-state index in [4.69, 9.17) is 0 Å². The van der Waals surface area contributed by atoms with Crippen molar-refractivity contribution >= 4 is 27.1 Å². The van der Waals surface area contributed by atoms with Crippen molar-refractivity contribution in [2.24, 2.45) is 0 Å². The third-order valence-electron chi connectivity index (χ3n) is 5.69. The second kappa shape index (κ2) is 9.41. The fraction of sp³-hybridized carbons (Fsp3) is 0.214. The second-order valence-electron chi connectivity index (χ2n) is 7.70. The van der Waals surface area contributed by atoms with E-state index in [1.807, 2.05) is 0 Å². The number of benzene rings is 3. The Balaban J connectivity index is 2.13. The number of rotatable bonds is 6. The van der Waals surface area contributed by atoms with Gasteiger partial charge in [-0.05, 0) is 95.8 Å². The Hall–Kier alpha value is -2.38. The highest BCUT2D eigenvalue weighted by atomic mass is 79.9. The van der Waals surface area contributed by atoms with Crippen LogP contribution in [0.5, 0.6) is 0 Å². The van der Waals surface area contributed by atoms with Gasteiger partial charge < -0.3 is 0 Å². The van der Waals surface area contributed by atoms with Crippen LogP contribution in [-0.2, 0) is 12.8 Å². The first-order chi connectivity index (χ1) is 13.9. The fourth-order valence-corrected chi connectivity index (χ4v) is 4.08.